The molecule has 9 heteroatoms. The van der Waals surface area contributed by atoms with Crippen LogP contribution in [0.1, 0.15) is 74.1 Å². The molecule has 0 spiro atoms. The Morgan fingerprint density at radius 2 is 1.43 bits per heavy atom. The zero-order chi connectivity index (χ0) is 30.8. The topological polar surface area (TPSA) is 101 Å². The molecule has 0 aliphatic carbocycles. The number of carbonyl (C=O) groups is 2. The van der Waals surface area contributed by atoms with Gasteiger partial charge in [0.1, 0.15) is 6.10 Å². The number of carbonyl (C=O) groups excluding carboxylic acids is 2. The summed E-state index contributed by atoms with van der Waals surface area (Å²) in [6.07, 6.45) is 0.101. The van der Waals surface area contributed by atoms with Crippen LogP contribution in [-0.2, 0) is 23.7 Å². The van der Waals surface area contributed by atoms with Crippen LogP contribution in [0.15, 0.2) is 60.7 Å². The lowest BCUT2D eigenvalue weighted by Crippen LogP contribution is -2.58. The first-order valence-electron chi connectivity index (χ1n) is 15.0. The van der Waals surface area contributed by atoms with Crippen LogP contribution in [0, 0.1) is 5.92 Å². The van der Waals surface area contributed by atoms with Crippen molar-refractivity contribution in [1.82, 2.24) is 0 Å². The number of hydrogen-bond donors (Lipinski definition) is 1. The maximum atomic E-state index is 13.3. The number of unbranched alkanes of at least 4 members (excludes halogenated alkanes) is 1. The Morgan fingerprint density at radius 3 is 1.95 bits per heavy atom. The second-order valence-corrected chi connectivity index (χ2v) is 16.7. The van der Waals surface area contributed by atoms with E-state index in [1.165, 1.54) is 0 Å². The molecule has 0 saturated carbocycles. The minimum atomic E-state index is -2.46. The third-order valence-electron chi connectivity index (χ3n) is 8.37. The molecule has 1 aliphatic heterocycles. The van der Waals surface area contributed by atoms with Gasteiger partial charge in [-0.3, -0.25) is 0 Å². The summed E-state index contributed by atoms with van der Waals surface area (Å²) >= 11 is 0. The average molecular weight is 601 g/mol. The summed E-state index contributed by atoms with van der Waals surface area (Å²) in [5.74, 6) is -1.40. The van der Waals surface area contributed by atoms with Crippen LogP contribution in [-0.4, -0.2) is 69.5 Å². The molecule has 5 atom stereocenters. The lowest BCUT2D eigenvalue weighted by molar-refractivity contribution is -0.285. The largest absolute Gasteiger partial charge is 0.454 e. The maximum absolute atomic E-state index is 13.3. The zero-order valence-corrected chi connectivity index (χ0v) is 26.9. The molecular formula is C33H48O8Si. The van der Waals surface area contributed by atoms with Gasteiger partial charge in [-0.1, -0.05) is 70.5 Å². The highest BCUT2D eigenvalue weighted by atomic mass is 28.4. The van der Waals surface area contributed by atoms with E-state index in [2.05, 4.69) is 20.8 Å². The van der Waals surface area contributed by atoms with Gasteiger partial charge >= 0.3 is 11.9 Å². The fourth-order valence-corrected chi connectivity index (χ4v) is 5.47. The molecular weight excluding hydrogens is 552 g/mol. The number of benzene rings is 2. The molecule has 5 unspecified atom stereocenters. The first kappa shape index (κ1) is 33.9. The molecule has 1 fully saturated rings. The Bertz CT molecular complexity index is 1100. The van der Waals surface area contributed by atoms with E-state index in [1.54, 1.807) is 48.5 Å². The van der Waals surface area contributed by atoms with Gasteiger partial charge in [-0.25, -0.2) is 9.59 Å². The predicted molar refractivity (Wildman–Crippen MR) is 164 cm³/mol. The van der Waals surface area contributed by atoms with Crippen LogP contribution in [0.4, 0.5) is 0 Å². The molecule has 1 aliphatic rings. The van der Waals surface area contributed by atoms with Gasteiger partial charge in [-0.2, -0.15) is 0 Å². The van der Waals surface area contributed by atoms with Crippen molar-refractivity contribution < 1.29 is 38.1 Å². The molecule has 0 radical (unpaired) electrons. The van der Waals surface area contributed by atoms with Crippen LogP contribution in [0.2, 0.25) is 18.1 Å². The minimum absolute atomic E-state index is 0.219. The molecule has 42 heavy (non-hydrogen) atoms. The summed E-state index contributed by atoms with van der Waals surface area (Å²) in [7, 11) is -2.46. The van der Waals surface area contributed by atoms with Crippen molar-refractivity contribution in [2.24, 2.45) is 5.92 Å². The molecule has 0 aromatic heterocycles. The summed E-state index contributed by atoms with van der Waals surface area (Å²) in [5, 5.41) is -0.271. The summed E-state index contributed by atoms with van der Waals surface area (Å²) in [5.41, 5.74) is 0.774. The summed E-state index contributed by atoms with van der Waals surface area (Å²) < 4.78 is 30.4. The van der Waals surface area contributed by atoms with E-state index in [0.29, 0.717) is 37.2 Å². The fourth-order valence-electron chi connectivity index (χ4n) is 4.71. The van der Waals surface area contributed by atoms with Crippen LogP contribution in [0.5, 0.6) is 0 Å². The average Bonchev–Trinajstić information content (AvgIpc) is 2.97. The third-order valence-corrected chi connectivity index (χ3v) is 11.9. The van der Waals surface area contributed by atoms with E-state index >= 15 is 0 Å². The van der Waals surface area contributed by atoms with Gasteiger partial charge in [0.2, 0.25) is 0 Å². The van der Waals surface area contributed by atoms with Crippen LogP contribution >= 0.6 is 0 Å². The first-order chi connectivity index (χ1) is 19.9. The molecule has 1 saturated heterocycles. The number of rotatable bonds is 15. The zero-order valence-electron chi connectivity index (χ0n) is 25.9. The highest BCUT2D eigenvalue weighted by Crippen LogP contribution is 2.43. The quantitative estimate of drug-likeness (QED) is 0.143. The Morgan fingerprint density at radius 1 is 0.881 bits per heavy atom. The van der Waals surface area contributed by atoms with E-state index < -0.39 is 38.8 Å². The fraction of sp³-hybridized carbons (Fsp3) is 0.576. The Balaban J connectivity index is 1.89. The molecule has 1 N–H and O–H groups in total. The van der Waals surface area contributed by atoms with E-state index in [4.69, 9.17) is 23.7 Å². The van der Waals surface area contributed by atoms with Gasteiger partial charge in [0, 0.05) is 12.5 Å². The van der Waals surface area contributed by atoms with Crippen molar-refractivity contribution >= 4 is 20.3 Å². The highest BCUT2D eigenvalue weighted by Gasteiger charge is 2.50. The van der Waals surface area contributed by atoms with Crippen molar-refractivity contribution in [1.29, 1.82) is 0 Å². The molecule has 2 aromatic rings. The van der Waals surface area contributed by atoms with E-state index in [9.17, 15) is 14.4 Å². The highest BCUT2D eigenvalue weighted by molar-refractivity contribution is 6.72. The lowest BCUT2D eigenvalue weighted by Gasteiger charge is -2.45. The lowest BCUT2D eigenvalue weighted by atomic mass is 9.86. The van der Waals surface area contributed by atoms with Crippen molar-refractivity contribution in [3.63, 3.8) is 0 Å². The summed E-state index contributed by atoms with van der Waals surface area (Å²) in [6, 6.07) is 17.4. The van der Waals surface area contributed by atoms with Gasteiger partial charge in [0.25, 0.3) is 0 Å². The second kappa shape index (κ2) is 15.8. The van der Waals surface area contributed by atoms with E-state index in [0.717, 1.165) is 12.8 Å². The number of hydrogen-bond acceptors (Lipinski definition) is 8. The first-order valence-corrected chi connectivity index (χ1v) is 18.0. The minimum Gasteiger partial charge on any atom is -0.454 e. The van der Waals surface area contributed by atoms with Gasteiger partial charge < -0.3 is 28.5 Å². The van der Waals surface area contributed by atoms with Gasteiger partial charge in [0.05, 0.1) is 30.4 Å². The van der Waals surface area contributed by atoms with Crippen LogP contribution < -0.4 is 0 Å². The summed E-state index contributed by atoms with van der Waals surface area (Å²) in [6.45, 7) is 13.3. The van der Waals surface area contributed by atoms with Crippen molar-refractivity contribution in [2.75, 3.05) is 19.8 Å². The SMILES string of the molecule is CCCCOCCOC1OC(CCC(C)(C)[Si](C)(C)O)C(C)C(OC(=O)c2ccccc2)C1OC(=O)c1ccccc1. The molecule has 0 amide bonds. The molecule has 8 nitrogen and oxygen atoms in total. The molecule has 2 aromatic carbocycles. The molecule has 232 valence electrons. The number of ether oxygens (including phenoxy) is 5. The molecule has 0 bridgehead atoms. The Labute approximate surface area is 251 Å². The number of esters is 2. The van der Waals surface area contributed by atoms with E-state index in [-0.39, 0.29) is 23.7 Å². The van der Waals surface area contributed by atoms with Gasteiger partial charge in [-0.15, -0.1) is 0 Å². The summed E-state index contributed by atoms with van der Waals surface area (Å²) in [4.78, 5) is 37.4. The van der Waals surface area contributed by atoms with Gasteiger partial charge in [0.15, 0.2) is 20.7 Å². The smallest absolute Gasteiger partial charge is 0.338 e. The van der Waals surface area contributed by atoms with Crippen LogP contribution in [0.25, 0.3) is 0 Å². The van der Waals surface area contributed by atoms with Crippen molar-refractivity contribution in [2.45, 2.75) is 96.1 Å². The third kappa shape index (κ3) is 9.47. The monoisotopic (exact) mass is 600 g/mol. The van der Waals surface area contributed by atoms with Gasteiger partial charge in [-0.05, 0) is 61.7 Å². The maximum Gasteiger partial charge on any atom is 0.338 e. The molecule has 1 heterocycles. The Hall–Kier alpha value is -2.56. The van der Waals surface area contributed by atoms with E-state index in [1.807, 2.05) is 32.2 Å². The Kier molecular flexibility index (Phi) is 12.7. The van der Waals surface area contributed by atoms with Crippen molar-refractivity contribution in [3.05, 3.63) is 71.8 Å². The van der Waals surface area contributed by atoms with Crippen LogP contribution in [0.3, 0.4) is 0 Å². The standard InChI is InChI=1S/C33H48O8Si/c1-7-8-21-37-22-23-38-32-29(41-31(35)26-17-13-10-14-18-26)28(40-30(34)25-15-11-9-12-16-25)24(2)27(39-32)19-20-33(3,4)42(5,6)36/h9-18,24,27-29,32,36H,7-8,19-23H2,1-6H3. The second-order valence-electron chi connectivity index (χ2n) is 12.2. The normalized spacial score (nSPS) is 22.9. The van der Waals surface area contributed by atoms with Crippen molar-refractivity contribution in [3.8, 4) is 0 Å². The predicted octanol–water partition coefficient (Wildman–Crippen LogP) is 6.39. The molecule has 3 rings (SSSR count).